The van der Waals surface area contributed by atoms with Crippen LogP contribution in [0.4, 0.5) is 0 Å². The molecule has 1 N–H and O–H groups in total. The summed E-state index contributed by atoms with van der Waals surface area (Å²) in [5.41, 5.74) is 5.45. The molecule has 2 aromatic heterocycles. The van der Waals surface area contributed by atoms with Crippen molar-refractivity contribution in [1.82, 2.24) is 19.9 Å². The monoisotopic (exact) mass is 432 g/mol. The molecule has 0 fully saturated rings. The van der Waals surface area contributed by atoms with Crippen molar-refractivity contribution in [2.24, 2.45) is 0 Å². The first kappa shape index (κ1) is 17.1. The van der Waals surface area contributed by atoms with Crippen molar-refractivity contribution in [3.8, 4) is 11.3 Å². The molecule has 5 nitrogen and oxygen atoms in total. The number of nitrogens with zero attached hydrogens (tertiary/aromatic N) is 3. The topological polar surface area (TPSA) is 59.3 Å². The van der Waals surface area contributed by atoms with E-state index in [1.165, 1.54) is 11.1 Å². The lowest BCUT2D eigenvalue weighted by Crippen LogP contribution is -2.27. The van der Waals surface area contributed by atoms with Gasteiger partial charge in [-0.2, -0.15) is 5.10 Å². The highest BCUT2D eigenvalue weighted by Gasteiger charge is 2.26. The van der Waals surface area contributed by atoms with Crippen LogP contribution in [-0.2, 0) is 6.42 Å². The van der Waals surface area contributed by atoms with Crippen molar-refractivity contribution in [1.29, 1.82) is 0 Å². The second-order valence-electron chi connectivity index (χ2n) is 6.90. The first-order valence-corrected chi connectivity index (χ1v) is 9.97. The van der Waals surface area contributed by atoms with E-state index < -0.39 is 0 Å². The number of amides is 1. The summed E-state index contributed by atoms with van der Waals surface area (Å²) in [6.45, 7) is 0. The van der Waals surface area contributed by atoms with Gasteiger partial charge in [0.25, 0.3) is 5.91 Å². The van der Waals surface area contributed by atoms with Crippen LogP contribution in [0.5, 0.6) is 0 Å². The van der Waals surface area contributed by atoms with Gasteiger partial charge in [0.2, 0.25) is 0 Å². The Morgan fingerprint density at radius 1 is 1.14 bits per heavy atom. The van der Waals surface area contributed by atoms with E-state index >= 15 is 0 Å². The molecule has 1 amide bonds. The molecule has 0 unspecified atom stereocenters. The Bertz CT molecular complexity index is 1190. The highest BCUT2D eigenvalue weighted by Crippen LogP contribution is 2.33. The molecule has 0 saturated carbocycles. The summed E-state index contributed by atoms with van der Waals surface area (Å²) in [5.74, 6) is -0.148. The number of carbonyl (C=O) groups excluding carboxylic acids is 1. The molecule has 0 spiro atoms. The minimum Gasteiger partial charge on any atom is -0.345 e. The first-order valence-electron chi connectivity index (χ1n) is 9.18. The van der Waals surface area contributed by atoms with Crippen molar-refractivity contribution < 1.29 is 4.79 Å². The number of nitrogens with one attached hydrogen (secondary N) is 1. The van der Waals surface area contributed by atoms with Gasteiger partial charge in [-0.25, -0.2) is 9.50 Å². The molecule has 0 saturated heterocycles. The lowest BCUT2D eigenvalue weighted by molar-refractivity contribution is 0.0938. The minimum atomic E-state index is -0.148. The van der Waals surface area contributed by atoms with Crippen molar-refractivity contribution in [2.45, 2.75) is 18.9 Å². The maximum Gasteiger partial charge on any atom is 0.257 e. The first-order chi connectivity index (χ1) is 13.7. The van der Waals surface area contributed by atoms with Crippen LogP contribution in [0.3, 0.4) is 0 Å². The molecule has 1 aliphatic carbocycles. The van der Waals surface area contributed by atoms with Crippen molar-refractivity contribution in [2.75, 3.05) is 0 Å². The molecule has 2 aromatic carbocycles. The normalized spacial score (nSPS) is 15.5. The van der Waals surface area contributed by atoms with Crippen LogP contribution in [0, 0.1) is 0 Å². The molecule has 4 aromatic rings. The van der Waals surface area contributed by atoms with Gasteiger partial charge >= 0.3 is 0 Å². The molecule has 2 heterocycles. The number of aryl methyl sites for hydroxylation is 1. The molecular weight excluding hydrogens is 416 g/mol. The van der Waals surface area contributed by atoms with Gasteiger partial charge in [-0.1, -0.05) is 52.3 Å². The number of hydrogen-bond donors (Lipinski definition) is 1. The number of carbonyl (C=O) groups is 1. The van der Waals surface area contributed by atoms with Gasteiger partial charge in [-0.3, -0.25) is 4.79 Å². The van der Waals surface area contributed by atoms with Gasteiger partial charge in [0, 0.05) is 16.2 Å². The third-order valence-corrected chi connectivity index (χ3v) is 5.70. The molecular formula is C22H17BrN4O. The summed E-state index contributed by atoms with van der Waals surface area (Å²) < 4.78 is 2.75. The summed E-state index contributed by atoms with van der Waals surface area (Å²) in [7, 11) is 0. The quantitative estimate of drug-likeness (QED) is 0.515. The predicted octanol–water partition coefficient (Wildman–Crippen LogP) is 4.58. The summed E-state index contributed by atoms with van der Waals surface area (Å²) in [5, 5.41) is 7.60. The molecule has 0 bridgehead atoms. The molecule has 6 heteroatoms. The van der Waals surface area contributed by atoms with Crippen molar-refractivity contribution in [3.63, 3.8) is 0 Å². The highest BCUT2D eigenvalue weighted by molar-refractivity contribution is 9.10. The lowest BCUT2D eigenvalue weighted by Gasteiger charge is -2.14. The smallest absolute Gasteiger partial charge is 0.257 e. The van der Waals surface area contributed by atoms with E-state index in [0.717, 1.165) is 28.6 Å². The van der Waals surface area contributed by atoms with Crippen LogP contribution in [0.15, 0.2) is 71.5 Å². The molecule has 5 rings (SSSR count). The maximum atomic E-state index is 13.0. The SMILES string of the molecule is O=C(N[C@H]1CCc2ccc(Br)cc21)c1cnn2c(-c3ccccc3)ccnc12. The summed E-state index contributed by atoms with van der Waals surface area (Å²) in [6, 6.07) is 18.1. The van der Waals surface area contributed by atoms with Crippen LogP contribution in [0.1, 0.15) is 33.9 Å². The number of benzene rings is 2. The van der Waals surface area contributed by atoms with Crippen molar-refractivity contribution >= 4 is 27.5 Å². The van der Waals surface area contributed by atoms with E-state index in [4.69, 9.17) is 0 Å². The second kappa shape index (κ2) is 6.87. The fraction of sp³-hybridized carbons (Fsp3) is 0.136. The predicted molar refractivity (Wildman–Crippen MR) is 111 cm³/mol. The van der Waals surface area contributed by atoms with Crippen LogP contribution in [0.25, 0.3) is 16.9 Å². The van der Waals surface area contributed by atoms with Gasteiger partial charge in [-0.15, -0.1) is 0 Å². The van der Waals surface area contributed by atoms with E-state index in [-0.39, 0.29) is 11.9 Å². The fourth-order valence-electron chi connectivity index (χ4n) is 3.84. The van der Waals surface area contributed by atoms with E-state index in [1.807, 2.05) is 42.5 Å². The minimum absolute atomic E-state index is 0.00672. The number of halogens is 1. The average Bonchev–Trinajstić information content (AvgIpc) is 3.33. The van der Waals surface area contributed by atoms with Crippen LogP contribution in [-0.4, -0.2) is 20.5 Å². The summed E-state index contributed by atoms with van der Waals surface area (Å²) in [4.78, 5) is 17.4. The Hall–Kier alpha value is -2.99. The van der Waals surface area contributed by atoms with Crippen LogP contribution in [0.2, 0.25) is 0 Å². The van der Waals surface area contributed by atoms with E-state index in [0.29, 0.717) is 11.2 Å². The lowest BCUT2D eigenvalue weighted by atomic mass is 10.1. The Balaban J connectivity index is 1.48. The van der Waals surface area contributed by atoms with E-state index in [9.17, 15) is 4.79 Å². The molecule has 28 heavy (non-hydrogen) atoms. The van der Waals surface area contributed by atoms with Gasteiger partial charge in [0.15, 0.2) is 5.65 Å². The number of hydrogen-bond acceptors (Lipinski definition) is 3. The van der Waals surface area contributed by atoms with Gasteiger partial charge in [0.05, 0.1) is 17.9 Å². The number of rotatable bonds is 3. The third-order valence-electron chi connectivity index (χ3n) is 5.21. The molecule has 1 aliphatic rings. The number of aromatic nitrogens is 3. The zero-order valence-corrected chi connectivity index (χ0v) is 16.6. The standard InChI is InChI=1S/C22H17BrN4O/c23-16-8-6-14-7-9-19(17(14)12-16)26-22(28)18-13-25-27-20(10-11-24-21(18)27)15-4-2-1-3-5-15/h1-6,8,10-13,19H,7,9H2,(H,26,28)/t19-/m0/s1. The zero-order valence-electron chi connectivity index (χ0n) is 15.0. The van der Waals surface area contributed by atoms with Gasteiger partial charge in [-0.05, 0) is 42.2 Å². The second-order valence-corrected chi connectivity index (χ2v) is 7.81. The zero-order chi connectivity index (χ0) is 19.1. The molecule has 0 radical (unpaired) electrons. The average molecular weight is 433 g/mol. The number of fused-ring (bicyclic) bond motifs is 2. The van der Waals surface area contributed by atoms with E-state index in [1.54, 1.807) is 16.9 Å². The molecule has 1 atom stereocenters. The Morgan fingerprint density at radius 2 is 2.00 bits per heavy atom. The Kier molecular flexibility index (Phi) is 4.20. The third kappa shape index (κ3) is 2.90. The molecule has 138 valence electrons. The largest absolute Gasteiger partial charge is 0.345 e. The van der Waals surface area contributed by atoms with Crippen molar-refractivity contribution in [3.05, 3.63) is 88.2 Å². The Morgan fingerprint density at radius 3 is 2.86 bits per heavy atom. The van der Waals surface area contributed by atoms with Crippen LogP contribution < -0.4 is 5.32 Å². The maximum absolute atomic E-state index is 13.0. The van der Waals surface area contributed by atoms with E-state index in [2.05, 4.69) is 43.5 Å². The summed E-state index contributed by atoms with van der Waals surface area (Å²) in [6.07, 6.45) is 5.19. The van der Waals surface area contributed by atoms with Gasteiger partial charge in [0.1, 0.15) is 5.56 Å². The summed E-state index contributed by atoms with van der Waals surface area (Å²) >= 11 is 3.52. The Labute approximate surface area is 170 Å². The van der Waals surface area contributed by atoms with Gasteiger partial charge < -0.3 is 5.32 Å². The van der Waals surface area contributed by atoms with Crippen LogP contribution >= 0.6 is 15.9 Å². The molecule has 0 aliphatic heterocycles. The highest BCUT2D eigenvalue weighted by atomic mass is 79.9. The fourth-order valence-corrected chi connectivity index (χ4v) is 4.22.